The molecule has 136 valence electrons. The van der Waals surface area contributed by atoms with E-state index in [1.807, 2.05) is 30.3 Å². The smallest absolute Gasteiger partial charge is 0.325 e. The molecule has 2 N–H and O–H groups in total. The van der Waals surface area contributed by atoms with Crippen LogP contribution >= 0.6 is 11.3 Å². The summed E-state index contributed by atoms with van der Waals surface area (Å²) in [5, 5.41) is 7.35. The third kappa shape index (κ3) is 4.17. The molecule has 2 heterocycles. The van der Waals surface area contributed by atoms with Crippen molar-refractivity contribution < 1.29 is 14.4 Å². The fourth-order valence-electron chi connectivity index (χ4n) is 2.61. The standard InChI is InChI=1S/C17H19N5O3S/c1-18-14(23)9-12-11-26-16(19-12)20-15(24)10-21-7-8-22(17(21)25)13-5-3-2-4-6-13/h2-6,11H,7-10H2,1H3,(H,18,23)(H,19,20,24). The van der Waals surface area contributed by atoms with Crippen molar-refractivity contribution >= 4 is 40.0 Å². The van der Waals surface area contributed by atoms with Crippen molar-refractivity contribution in [2.45, 2.75) is 6.42 Å². The minimum absolute atomic E-state index is 0.0352. The number of aromatic nitrogens is 1. The molecule has 1 aliphatic rings. The monoisotopic (exact) mass is 373 g/mol. The Bertz CT molecular complexity index is 808. The van der Waals surface area contributed by atoms with Gasteiger partial charge in [-0.1, -0.05) is 18.2 Å². The highest BCUT2D eigenvalue weighted by Gasteiger charge is 2.30. The van der Waals surface area contributed by atoms with Crippen molar-refractivity contribution in [3.05, 3.63) is 41.4 Å². The zero-order valence-corrected chi connectivity index (χ0v) is 15.1. The highest BCUT2D eigenvalue weighted by molar-refractivity contribution is 7.13. The molecule has 0 unspecified atom stereocenters. The van der Waals surface area contributed by atoms with Gasteiger partial charge in [0.15, 0.2) is 5.13 Å². The Labute approximate surface area is 154 Å². The first-order valence-corrected chi connectivity index (χ1v) is 9.01. The van der Waals surface area contributed by atoms with E-state index in [1.165, 1.54) is 16.2 Å². The van der Waals surface area contributed by atoms with Crippen LogP contribution in [0.15, 0.2) is 35.7 Å². The fourth-order valence-corrected chi connectivity index (χ4v) is 3.33. The summed E-state index contributed by atoms with van der Waals surface area (Å²) in [4.78, 5) is 43.4. The van der Waals surface area contributed by atoms with Gasteiger partial charge in [0.1, 0.15) is 6.54 Å². The molecule has 0 spiro atoms. The normalized spacial score (nSPS) is 13.8. The van der Waals surface area contributed by atoms with E-state index < -0.39 is 0 Å². The summed E-state index contributed by atoms with van der Waals surface area (Å²) in [7, 11) is 1.56. The first-order chi connectivity index (χ1) is 12.6. The van der Waals surface area contributed by atoms with Crippen molar-refractivity contribution in [2.24, 2.45) is 0 Å². The van der Waals surface area contributed by atoms with Gasteiger partial charge in [0, 0.05) is 31.2 Å². The Balaban J connectivity index is 1.54. The van der Waals surface area contributed by atoms with E-state index in [-0.39, 0.29) is 30.8 Å². The van der Waals surface area contributed by atoms with E-state index in [9.17, 15) is 14.4 Å². The summed E-state index contributed by atoms with van der Waals surface area (Å²) >= 11 is 1.25. The third-order valence-corrected chi connectivity index (χ3v) is 4.72. The molecule has 1 aliphatic heterocycles. The van der Waals surface area contributed by atoms with Gasteiger partial charge in [0.25, 0.3) is 0 Å². The van der Waals surface area contributed by atoms with Crippen LogP contribution in [0.4, 0.5) is 15.6 Å². The number of anilines is 2. The number of nitrogens with zero attached hydrogens (tertiary/aromatic N) is 3. The minimum Gasteiger partial charge on any atom is -0.359 e. The topological polar surface area (TPSA) is 94.6 Å². The van der Waals surface area contributed by atoms with Crippen LogP contribution in [0.2, 0.25) is 0 Å². The van der Waals surface area contributed by atoms with E-state index in [0.717, 1.165) is 5.69 Å². The van der Waals surface area contributed by atoms with Crippen LogP contribution in [0.25, 0.3) is 0 Å². The van der Waals surface area contributed by atoms with E-state index >= 15 is 0 Å². The molecule has 0 aliphatic carbocycles. The lowest BCUT2D eigenvalue weighted by Crippen LogP contribution is -2.37. The molecule has 0 radical (unpaired) electrons. The quantitative estimate of drug-likeness (QED) is 0.798. The summed E-state index contributed by atoms with van der Waals surface area (Å²) in [5.74, 6) is -0.453. The first kappa shape index (κ1) is 17.9. The summed E-state index contributed by atoms with van der Waals surface area (Å²) in [5.41, 5.74) is 1.41. The zero-order valence-electron chi connectivity index (χ0n) is 14.3. The van der Waals surface area contributed by atoms with Crippen LogP contribution in [0.1, 0.15) is 5.69 Å². The van der Waals surface area contributed by atoms with Crippen LogP contribution in [0, 0.1) is 0 Å². The van der Waals surface area contributed by atoms with Crippen molar-refractivity contribution in [2.75, 3.05) is 36.9 Å². The predicted molar refractivity (Wildman–Crippen MR) is 99.3 cm³/mol. The molecule has 1 aromatic heterocycles. The number of likely N-dealkylation sites (N-methyl/N-ethyl adjacent to an activating group) is 1. The molecule has 3 rings (SSSR count). The number of amides is 4. The van der Waals surface area contributed by atoms with Crippen molar-refractivity contribution in [1.29, 1.82) is 0 Å². The fraction of sp³-hybridized carbons (Fsp3) is 0.294. The molecule has 1 fully saturated rings. The number of carbonyl (C=O) groups excluding carboxylic acids is 3. The number of nitrogens with one attached hydrogen (secondary N) is 2. The van der Waals surface area contributed by atoms with Crippen molar-refractivity contribution in [1.82, 2.24) is 15.2 Å². The number of thiazole rings is 1. The van der Waals surface area contributed by atoms with Crippen molar-refractivity contribution in [3.8, 4) is 0 Å². The van der Waals surface area contributed by atoms with Crippen LogP contribution in [0.3, 0.4) is 0 Å². The average Bonchev–Trinajstić information content (AvgIpc) is 3.22. The summed E-state index contributed by atoms with van der Waals surface area (Å²) < 4.78 is 0. The van der Waals surface area contributed by atoms with Gasteiger partial charge in [0.2, 0.25) is 11.8 Å². The SMILES string of the molecule is CNC(=O)Cc1csc(NC(=O)CN2CCN(c3ccccc3)C2=O)n1. The van der Waals surface area contributed by atoms with Gasteiger partial charge in [-0.3, -0.25) is 14.5 Å². The minimum atomic E-state index is -0.311. The number of hydrogen-bond donors (Lipinski definition) is 2. The van der Waals surface area contributed by atoms with E-state index in [0.29, 0.717) is 23.9 Å². The molecule has 0 bridgehead atoms. The Kier molecular flexibility index (Phi) is 5.47. The maximum atomic E-state index is 12.5. The molecule has 1 saturated heterocycles. The molecule has 0 saturated carbocycles. The van der Waals surface area contributed by atoms with Crippen molar-refractivity contribution in [3.63, 3.8) is 0 Å². The molecule has 1 aromatic carbocycles. The maximum Gasteiger partial charge on any atom is 0.325 e. The number of urea groups is 1. The Morgan fingerprint density at radius 3 is 2.69 bits per heavy atom. The molecular formula is C17H19N5O3S. The highest BCUT2D eigenvalue weighted by atomic mass is 32.1. The molecule has 8 nitrogen and oxygen atoms in total. The van der Waals surface area contributed by atoms with E-state index in [1.54, 1.807) is 17.3 Å². The van der Waals surface area contributed by atoms with Crippen LogP contribution in [0.5, 0.6) is 0 Å². The molecule has 2 aromatic rings. The Morgan fingerprint density at radius 1 is 1.19 bits per heavy atom. The van der Waals surface area contributed by atoms with E-state index in [2.05, 4.69) is 15.6 Å². The molecule has 9 heteroatoms. The summed E-state index contributed by atoms with van der Waals surface area (Å²) in [6, 6.07) is 9.18. The predicted octanol–water partition coefficient (Wildman–Crippen LogP) is 1.31. The second-order valence-corrected chi connectivity index (χ2v) is 6.59. The van der Waals surface area contributed by atoms with Gasteiger partial charge < -0.3 is 15.5 Å². The van der Waals surface area contributed by atoms with Crippen LogP contribution in [-0.4, -0.2) is 54.4 Å². The van der Waals surface area contributed by atoms with Gasteiger partial charge in [-0.05, 0) is 12.1 Å². The average molecular weight is 373 g/mol. The van der Waals surface area contributed by atoms with Gasteiger partial charge in [0.05, 0.1) is 12.1 Å². The molecular weight excluding hydrogens is 354 g/mol. The second kappa shape index (κ2) is 7.96. The third-order valence-electron chi connectivity index (χ3n) is 3.92. The largest absolute Gasteiger partial charge is 0.359 e. The number of rotatable bonds is 6. The number of carbonyl (C=O) groups is 3. The summed E-state index contributed by atoms with van der Waals surface area (Å²) in [6.45, 7) is 0.997. The van der Waals surface area contributed by atoms with Gasteiger partial charge in [-0.15, -0.1) is 11.3 Å². The molecule has 4 amide bonds. The maximum absolute atomic E-state index is 12.5. The zero-order chi connectivity index (χ0) is 18.5. The second-order valence-electron chi connectivity index (χ2n) is 5.73. The molecule has 26 heavy (non-hydrogen) atoms. The van der Waals surface area contributed by atoms with Gasteiger partial charge >= 0.3 is 6.03 Å². The number of para-hydroxylation sites is 1. The van der Waals surface area contributed by atoms with Gasteiger partial charge in [-0.2, -0.15) is 0 Å². The van der Waals surface area contributed by atoms with Crippen LogP contribution < -0.4 is 15.5 Å². The Hall–Kier alpha value is -2.94. The lowest BCUT2D eigenvalue weighted by molar-refractivity contribution is -0.120. The summed E-state index contributed by atoms with van der Waals surface area (Å²) in [6.07, 6.45) is 0.166. The number of benzene rings is 1. The lowest BCUT2D eigenvalue weighted by atomic mass is 10.3. The van der Waals surface area contributed by atoms with Crippen LogP contribution in [-0.2, 0) is 16.0 Å². The molecule has 0 atom stereocenters. The number of hydrogen-bond acceptors (Lipinski definition) is 5. The Morgan fingerprint density at radius 2 is 1.96 bits per heavy atom. The van der Waals surface area contributed by atoms with Gasteiger partial charge in [-0.25, -0.2) is 9.78 Å². The van der Waals surface area contributed by atoms with E-state index in [4.69, 9.17) is 0 Å². The highest BCUT2D eigenvalue weighted by Crippen LogP contribution is 2.20. The first-order valence-electron chi connectivity index (χ1n) is 8.13. The lowest BCUT2D eigenvalue weighted by Gasteiger charge is -2.18.